The maximum absolute atomic E-state index is 11.0. The summed E-state index contributed by atoms with van der Waals surface area (Å²) < 4.78 is 0. The average Bonchev–Trinajstić information content (AvgIpc) is 2.64. The Morgan fingerprint density at radius 2 is 1.63 bits per heavy atom. The fraction of sp³-hybridized carbons (Fsp3) is 0.500. The molecule has 3 heteroatoms. The summed E-state index contributed by atoms with van der Waals surface area (Å²) in [6.07, 6.45) is 1.62. The minimum atomic E-state index is -0.620. The number of nitrogens with one attached hydrogen (secondary N) is 1. The van der Waals surface area contributed by atoms with E-state index in [1.165, 1.54) is 16.7 Å². The quantitative estimate of drug-likeness (QED) is 0.803. The molecule has 2 aromatic rings. The maximum Gasteiger partial charge on any atom is 0.0843 e. The third kappa shape index (κ3) is 5.33. The van der Waals surface area contributed by atoms with Crippen molar-refractivity contribution in [1.82, 2.24) is 4.90 Å². The van der Waals surface area contributed by atoms with Crippen LogP contribution in [0.3, 0.4) is 0 Å². The zero-order chi connectivity index (χ0) is 19.5. The Hall–Kier alpha value is -1.84. The first-order valence-corrected chi connectivity index (χ1v) is 10.1. The third-order valence-corrected chi connectivity index (χ3v) is 5.81. The van der Waals surface area contributed by atoms with Gasteiger partial charge in [0.2, 0.25) is 0 Å². The number of nitrogens with zero attached hydrogens (tertiary/aromatic N) is 1. The van der Waals surface area contributed by atoms with Crippen LogP contribution in [-0.2, 0) is 12.0 Å². The summed E-state index contributed by atoms with van der Waals surface area (Å²) in [5, 5.41) is 14.4. The van der Waals surface area contributed by atoms with Crippen molar-refractivity contribution in [2.45, 2.75) is 58.1 Å². The van der Waals surface area contributed by atoms with Crippen LogP contribution in [-0.4, -0.2) is 35.2 Å². The van der Waals surface area contributed by atoms with Gasteiger partial charge in [-0.05, 0) is 54.0 Å². The van der Waals surface area contributed by atoms with Gasteiger partial charge in [-0.3, -0.25) is 4.90 Å². The Morgan fingerprint density at radius 3 is 2.22 bits per heavy atom. The highest BCUT2D eigenvalue weighted by Crippen LogP contribution is 2.26. The molecular weight excluding hydrogens is 332 g/mol. The van der Waals surface area contributed by atoms with Crippen molar-refractivity contribution in [3.63, 3.8) is 0 Å². The molecule has 1 fully saturated rings. The van der Waals surface area contributed by atoms with Gasteiger partial charge in [0, 0.05) is 31.9 Å². The second-order valence-corrected chi connectivity index (χ2v) is 9.11. The van der Waals surface area contributed by atoms with E-state index in [0.717, 1.165) is 38.2 Å². The number of piperidine rings is 1. The monoisotopic (exact) mass is 366 g/mol. The van der Waals surface area contributed by atoms with E-state index in [1.54, 1.807) is 0 Å². The number of likely N-dealkylation sites (tertiary alicyclic amines) is 1. The summed E-state index contributed by atoms with van der Waals surface area (Å²) in [6, 6.07) is 17.2. The van der Waals surface area contributed by atoms with E-state index >= 15 is 0 Å². The molecule has 1 heterocycles. The molecule has 0 saturated carbocycles. The number of hydrogen-bond acceptors (Lipinski definition) is 3. The van der Waals surface area contributed by atoms with Crippen molar-refractivity contribution in [2.75, 3.05) is 25.0 Å². The van der Waals surface area contributed by atoms with Crippen molar-refractivity contribution in [3.05, 3.63) is 65.2 Å². The zero-order valence-electron chi connectivity index (χ0n) is 17.3. The molecule has 0 amide bonds. The van der Waals surface area contributed by atoms with Gasteiger partial charge in [0.15, 0.2) is 0 Å². The Morgan fingerprint density at radius 1 is 1.00 bits per heavy atom. The van der Waals surface area contributed by atoms with Crippen LogP contribution in [0.15, 0.2) is 48.5 Å². The molecule has 2 aromatic carbocycles. The van der Waals surface area contributed by atoms with Crippen LogP contribution in [0.4, 0.5) is 5.69 Å². The van der Waals surface area contributed by atoms with Gasteiger partial charge < -0.3 is 10.4 Å². The maximum atomic E-state index is 11.0. The molecule has 3 nitrogen and oxygen atoms in total. The minimum absolute atomic E-state index is 0.167. The number of rotatable bonds is 5. The summed E-state index contributed by atoms with van der Waals surface area (Å²) in [7, 11) is 0. The Kier molecular flexibility index (Phi) is 5.92. The molecule has 3 rings (SSSR count). The van der Waals surface area contributed by atoms with Gasteiger partial charge in [0.05, 0.1) is 5.60 Å². The van der Waals surface area contributed by atoms with Gasteiger partial charge >= 0.3 is 0 Å². The van der Waals surface area contributed by atoms with E-state index in [4.69, 9.17) is 0 Å². The largest absolute Gasteiger partial charge is 0.388 e. The first-order valence-electron chi connectivity index (χ1n) is 10.1. The Balaban J connectivity index is 1.50. The van der Waals surface area contributed by atoms with Crippen molar-refractivity contribution >= 4 is 5.69 Å². The fourth-order valence-corrected chi connectivity index (χ4v) is 3.69. The van der Waals surface area contributed by atoms with Crippen molar-refractivity contribution in [1.29, 1.82) is 0 Å². The van der Waals surface area contributed by atoms with Gasteiger partial charge in [-0.25, -0.2) is 0 Å². The van der Waals surface area contributed by atoms with Crippen LogP contribution in [0.25, 0.3) is 0 Å². The summed E-state index contributed by atoms with van der Waals surface area (Å²) in [6.45, 7) is 12.3. The molecule has 2 N–H and O–H groups in total. The smallest absolute Gasteiger partial charge is 0.0843 e. The molecule has 0 spiro atoms. The SMILES string of the molecule is Cc1ccccc1CN1CCC(O)(CNc2ccc(C(C)(C)C)cc2)CC1. The lowest BCUT2D eigenvalue weighted by atomic mass is 9.87. The number of aliphatic hydroxyl groups is 1. The number of hydrogen-bond donors (Lipinski definition) is 2. The summed E-state index contributed by atoms with van der Waals surface area (Å²) in [4.78, 5) is 2.45. The molecule has 0 radical (unpaired) electrons. The van der Waals surface area contributed by atoms with Crippen LogP contribution in [0, 0.1) is 6.92 Å². The molecule has 1 aliphatic heterocycles. The standard InChI is InChI=1S/C24H34N2O/c1-19-7-5-6-8-20(19)17-26-15-13-24(27,14-16-26)18-25-22-11-9-21(10-12-22)23(2,3)4/h5-12,25,27H,13-18H2,1-4H3. The van der Waals surface area contributed by atoms with Crippen molar-refractivity contribution in [3.8, 4) is 0 Å². The average molecular weight is 367 g/mol. The Bertz CT molecular complexity index is 738. The lowest BCUT2D eigenvalue weighted by Crippen LogP contribution is -2.48. The Labute approximate surface area is 164 Å². The topological polar surface area (TPSA) is 35.5 Å². The van der Waals surface area contributed by atoms with Crippen LogP contribution in [0.5, 0.6) is 0 Å². The highest BCUT2D eigenvalue weighted by molar-refractivity contribution is 5.46. The highest BCUT2D eigenvalue weighted by atomic mass is 16.3. The van der Waals surface area contributed by atoms with E-state index in [0.29, 0.717) is 6.54 Å². The summed E-state index contributed by atoms with van der Waals surface area (Å²) >= 11 is 0. The van der Waals surface area contributed by atoms with Crippen molar-refractivity contribution in [2.24, 2.45) is 0 Å². The number of aryl methyl sites for hydroxylation is 1. The van der Waals surface area contributed by atoms with Crippen LogP contribution in [0.2, 0.25) is 0 Å². The van der Waals surface area contributed by atoms with Gasteiger partial charge in [-0.1, -0.05) is 57.2 Å². The number of anilines is 1. The molecule has 27 heavy (non-hydrogen) atoms. The fourth-order valence-electron chi connectivity index (χ4n) is 3.69. The highest BCUT2D eigenvalue weighted by Gasteiger charge is 2.32. The lowest BCUT2D eigenvalue weighted by molar-refractivity contribution is -0.0120. The van der Waals surface area contributed by atoms with E-state index in [1.807, 2.05) is 0 Å². The van der Waals surface area contributed by atoms with Gasteiger partial charge in [-0.15, -0.1) is 0 Å². The lowest BCUT2D eigenvalue weighted by Gasteiger charge is -2.38. The molecule has 0 aromatic heterocycles. The molecule has 0 aliphatic carbocycles. The van der Waals surface area contributed by atoms with Gasteiger partial charge in [-0.2, -0.15) is 0 Å². The second-order valence-electron chi connectivity index (χ2n) is 9.11. The molecule has 0 bridgehead atoms. The first-order chi connectivity index (χ1) is 12.8. The van der Waals surface area contributed by atoms with E-state index in [-0.39, 0.29) is 5.41 Å². The summed E-state index contributed by atoms with van der Waals surface area (Å²) in [5.74, 6) is 0. The van der Waals surface area contributed by atoms with E-state index in [2.05, 4.69) is 86.4 Å². The van der Waals surface area contributed by atoms with Crippen LogP contribution in [0.1, 0.15) is 50.3 Å². The number of benzene rings is 2. The molecule has 1 saturated heterocycles. The minimum Gasteiger partial charge on any atom is -0.388 e. The second kappa shape index (κ2) is 8.04. The molecule has 146 valence electrons. The van der Waals surface area contributed by atoms with Crippen molar-refractivity contribution < 1.29 is 5.11 Å². The third-order valence-electron chi connectivity index (χ3n) is 5.81. The van der Waals surface area contributed by atoms with E-state index < -0.39 is 5.60 Å². The molecule has 0 atom stereocenters. The van der Waals surface area contributed by atoms with E-state index in [9.17, 15) is 5.11 Å². The molecule has 0 unspecified atom stereocenters. The van der Waals surface area contributed by atoms with Gasteiger partial charge in [0.25, 0.3) is 0 Å². The van der Waals surface area contributed by atoms with Crippen LogP contribution < -0.4 is 5.32 Å². The normalized spacial score (nSPS) is 17.7. The summed E-state index contributed by atoms with van der Waals surface area (Å²) in [5.41, 5.74) is 4.69. The predicted octanol–water partition coefficient (Wildman–Crippen LogP) is 4.73. The van der Waals surface area contributed by atoms with Gasteiger partial charge in [0.1, 0.15) is 0 Å². The first kappa shape index (κ1) is 19.9. The molecule has 1 aliphatic rings. The molecular formula is C24H34N2O. The zero-order valence-corrected chi connectivity index (χ0v) is 17.3. The predicted molar refractivity (Wildman–Crippen MR) is 114 cm³/mol. The van der Waals surface area contributed by atoms with Crippen LogP contribution >= 0.6 is 0 Å².